The molecule has 1 aromatic heterocycles. The van der Waals surface area contributed by atoms with Crippen molar-refractivity contribution < 1.29 is 40.6 Å². The largest absolute Gasteiger partial charge is 0.488 e. The van der Waals surface area contributed by atoms with Crippen molar-refractivity contribution in [3.63, 3.8) is 0 Å². The van der Waals surface area contributed by atoms with E-state index in [1.54, 1.807) is 6.92 Å². The van der Waals surface area contributed by atoms with Crippen molar-refractivity contribution in [1.82, 2.24) is 0 Å². The van der Waals surface area contributed by atoms with Gasteiger partial charge >= 0.3 is 12.1 Å². The molecular formula is C27H22F5NO4. The number of furan rings is 1. The summed E-state index contributed by atoms with van der Waals surface area (Å²) in [5.41, 5.74) is 5.24. The Morgan fingerprint density at radius 1 is 1.03 bits per heavy atom. The zero-order valence-electron chi connectivity index (χ0n) is 19.6. The van der Waals surface area contributed by atoms with Gasteiger partial charge in [-0.3, -0.25) is 4.79 Å². The first-order valence-electron chi connectivity index (χ1n) is 11.3. The Balaban J connectivity index is 1.78. The number of carbonyl (C=O) groups is 1. The molecule has 0 saturated carbocycles. The summed E-state index contributed by atoms with van der Waals surface area (Å²) < 4.78 is 86.0. The van der Waals surface area contributed by atoms with Crippen LogP contribution in [0, 0.1) is 11.6 Å². The van der Waals surface area contributed by atoms with Crippen LogP contribution in [-0.2, 0) is 35.3 Å². The highest BCUT2D eigenvalue weighted by atomic mass is 19.4. The minimum atomic E-state index is -4.73. The van der Waals surface area contributed by atoms with Crippen LogP contribution in [0.3, 0.4) is 0 Å². The summed E-state index contributed by atoms with van der Waals surface area (Å²) in [4.78, 5) is 11.9. The summed E-state index contributed by atoms with van der Waals surface area (Å²) >= 11 is 0. The predicted octanol–water partition coefficient (Wildman–Crippen LogP) is 6.54. The Morgan fingerprint density at radius 2 is 1.81 bits per heavy atom. The number of fused-ring (bicyclic) bond motifs is 1. The number of rotatable bonds is 8. The van der Waals surface area contributed by atoms with E-state index in [-0.39, 0.29) is 65.2 Å². The van der Waals surface area contributed by atoms with Crippen molar-refractivity contribution in [3.8, 4) is 16.9 Å². The monoisotopic (exact) mass is 519 g/mol. The molecule has 0 bridgehead atoms. The Kier molecular flexibility index (Phi) is 7.49. The second-order valence-electron chi connectivity index (χ2n) is 8.17. The van der Waals surface area contributed by atoms with E-state index in [0.717, 1.165) is 12.1 Å². The molecule has 1 heterocycles. The average Bonchev–Trinajstić information content (AvgIpc) is 3.29. The van der Waals surface area contributed by atoms with Crippen LogP contribution in [0.25, 0.3) is 22.1 Å². The van der Waals surface area contributed by atoms with Gasteiger partial charge in [-0.2, -0.15) is 13.2 Å². The molecule has 10 heteroatoms. The van der Waals surface area contributed by atoms with E-state index in [0.29, 0.717) is 11.8 Å². The van der Waals surface area contributed by atoms with Crippen molar-refractivity contribution in [3.05, 3.63) is 88.7 Å². The van der Waals surface area contributed by atoms with Crippen molar-refractivity contribution >= 4 is 16.9 Å². The number of carbonyl (C=O) groups excluding carboxylic acids is 1. The van der Waals surface area contributed by atoms with E-state index in [9.17, 15) is 22.4 Å². The number of nitrogens with two attached hydrogens (primary N) is 1. The number of alkyl halides is 3. The molecule has 0 atom stereocenters. The third kappa shape index (κ3) is 5.59. The second-order valence-corrected chi connectivity index (χ2v) is 8.17. The minimum Gasteiger partial charge on any atom is -0.488 e. The number of esters is 1. The molecule has 0 aliphatic heterocycles. The third-order valence-electron chi connectivity index (χ3n) is 5.69. The average molecular weight is 519 g/mol. The zero-order chi connectivity index (χ0) is 26.7. The first-order valence-corrected chi connectivity index (χ1v) is 11.3. The van der Waals surface area contributed by atoms with Gasteiger partial charge in [-0.25, -0.2) is 8.78 Å². The predicted molar refractivity (Wildman–Crippen MR) is 126 cm³/mol. The lowest BCUT2D eigenvalue weighted by Crippen LogP contribution is -2.09. The van der Waals surface area contributed by atoms with Gasteiger partial charge in [0.1, 0.15) is 41.4 Å². The quantitative estimate of drug-likeness (QED) is 0.211. The number of hydrogen-bond donors (Lipinski definition) is 1. The van der Waals surface area contributed by atoms with Crippen LogP contribution in [0.5, 0.6) is 5.75 Å². The van der Waals surface area contributed by atoms with Gasteiger partial charge in [-0.1, -0.05) is 24.3 Å². The Morgan fingerprint density at radius 3 is 2.51 bits per heavy atom. The maximum atomic E-state index is 15.1. The maximum absolute atomic E-state index is 15.1. The van der Waals surface area contributed by atoms with E-state index in [1.165, 1.54) is 36.4 Å². The fourth-order valence-electron chi connectivity index (χ4n) is 3.98. The Labute approximate surface area is 208 Å². The van der Waals surface area contributed by atoms with E-state index in [1.807, 2.05) is 0 Å². The molecule has 0 aliphatic carbocycles. The summed E-state index contributed by atoms with van der Waals surface area (Å²) in [6.07, 6.45) is -4.34. The number of ether oxygens (including phenoxy) is 2. The van der Waals surface area contributed by atoms with Gasteiger partial charge in [0.05, 0.1) is 13.0 Å². The van der Waals surface area contributed by atoms with E-state index < -0.39 is 29.3 Å². The van der Waals surface area contributed by atoms with Crippen LogP contribution in [0.2, 0.25) is 0 Å². The summed E-state index contributed by atoms with van der Waals surface area (Å²) in [5, 5.41) is -0.285. The van der Waals surface area contributed by atoms with Gasteiger partial charge in [-0.15, -0.1) is 0 Å². The molecular weight excluding hydrogens is 497 g/mol. The summed E-state index contributed by atoms with van der Waals surface area (Å²) in [7, 11) is 0. The van der Waals surface area contributed by atoms with E-state index in [2.05, 4.69) is 0 Å². The number of halogens is 5. The molecule has 0 saturated heterocycles. The standard InChI is InChI=1S/C27H22F5NO4/c1-2-35-24(34)10-16-6-7-18(28)11-23(16)36-13-15-8-20(19-5-3-4-17(12-33)25(19)29)26-21(9-15)22(14-37-26)27(30,31)32/h3-9,11,14H,2,10,12-13,33H2,1H3. The Hall–Kier alpha value is -3.92. The summed E-state index contributed by atoms with van der Waals surface area (Å²) in [5.74, 6) is -1.84. The smallest absolute Gasteiger partial charge is 0.420 e. The van der Waals surface area contributed by atoms with E-state index in [4.69, 9.17) is 19.6 Å². The lowest BCUT2D eigenvalue weighted by Gasteiger charge is -2.14. The number of benzene rings is 3. The van der Waals surface area contributed by atoms with Crippen LogP contribution in [-0.4, -0.2) is 12.6 Å². The highest BCUT2D eigenvalue weighted by Gasteiger charge is 2.35. The number of hydrogen-bond acceptors (Lipinski definition) is 5. The van der Waals surface area contributed by atoms with Crippen LogP contribution < -0.4 is 10.5 Å². The molecule has 3 aromatic carbocycles. The molecule has 194 valence electrons. The van der Waals surface area contributed by atoms with Crippen LogP contribution in [0.4, 0.5) is 22.0 Å². The molecule has 37 heavy (non-hydrogen) atoms. The van der Waals surface area contributed by atoms with Gasteiger partial charge in [0, 0.05) is 40.3 Å². The molecule has 2 N–H and O–H groups in total. The topological polar surface area (TPSA) is 74.7 Å². The first kappa shape index (κ1) is 26.2. The first-order chi connectivity index (χ1) is 17.6. The summed E-state index contributed by atoms with van der Waals surface area (Å²) in [6.45, 7) is 1.39. The van der Waals surface area contributed by atoms with Crippen LogP contribution in [0.15, 0.2) is 59.2 Å². The van der Waals surface area contributed by atoms with Gasteiger partial charge in [0.15, 0.2) is 0 Å². The van der Waals surface area contributed by atoms with Gasteiger partial charge in [0.25, 0.3) is 0 Å². The molecule has 0 fully saturated rings. The van der Waals surface area contributed by atoms with Crippen molar-refractivity contribution in [1.29, 1.82) is 0 Å². The minimum absolute atomic E-state index is 0.00614. The lowest BCUT2D eigenvalue weighted by molar-refractivity contribution is -0.142. The SMILES string of the molecule is CCOC(=O)Cc1ccc(F)cc1OCc1cc(-c2cccc(CN)c2F)c2occ(C(F)(F)F)c2c1. The van der Waals surface area contributed by atoms with Crippen LogP contribution in [0.1, 0.15) is 29.2 Å². The highest BCUT2D eigenvalue weighted by Crippen LogP contribution is 2.41. The van der Waals surface area contributed by atoms with Gasteiger partial charge in [-0.05, 0) is 30.7 Å². The van der Waals surface area contributed by atoms with Gasteiger partial charge in [0.2, 0.25) is 0 Å². The molecule has 0 radical (unpaired) electrons. The third-order valence-corrected chi connectivity index (χ3v) is 5.69. The lowest BCUT2D eigenvalue weighted by atomic mass is 9.97. The fraction of sp³-hybridized carbons (Fsp3) is 0.222. The second kappa shape index (κ2) is 10.6. The van der Waals surface area contributed by atoms with Crippen molar-refractivity contribution in [2.45, 2.75) is 32.7 Å². The highest BCUT2D eigenvalue weighted by molar-refractivity contribution is 5.95. The molecule has 4 aromatic rings. The normalized spacial score (nSPS) is 11.6. The van der Waals surface area contributed by atoms with Crippen molar-refractivity contribution in [2.24, 2.45) is 5.73 Å². The Bertz CT molecular complexity index is 1440. The molecule has 0 unspecified atom stereocenters. The van der Waals surface area contributed by atoms with Crippen molar-refractivity contribution in [2.75, 3.05) is 6.61 Å². The molecule has 0 spiro atoms. The maximum Gasteiger partial charge on any atom is 0.420 e. The molecule has 5 nitrogen and oxygen atoms in total. The molecule has 4 rings (SSSR count). The van der Waals surface area contributed by atoms with E-state index >= 15 is 4.39 Å². The van der Waals surface area contributed by atoms with Gasteiger partial charge < -0.3 is 19.6 Å². The van der Waals surface area contributed by atoms with Crippen LogP contribution >= 0.6 is 0 Å². The summed E-state index contributed by atoms with van der Waals surface area (Å²) in [6, 6.07) is 10.7. The zero-order valence-corrected chi connectivity index (χ0v) is 19.6. The molecule has 0 aliphatic rings. The fourth-order valence-corrected chi connectivity index (χ4v) is 3.98. The molecule has 0 amide bonds.